The van der Waals surface area contributed by atoms with Gasteiger partial charge in [0, 0.05) is 28.8 Å². The van der Waals surface area contributed by atoms with Gasteiger partial charge in [-0.1, -0.05) is 17.7 Å². The van der Waals surface area contributed by atoms with E-state index in [1.54, 1.807) is 14.2 Å². The van der Waals surface area contributed by atoms with Crippen LogP contribution < -0.4 is 14.8 Å². The van der Waals surface area contributed by atoms with Gasteiger partial charge in [-0.25, -0.2) is 4.68 Å². The minimum atomic E-state index is 0.697. The molecule has 0 bridgehead atoms. The molecule has 146 valence electrons. The predicted molar refractivity (Wildman–Crippen MR) is 113 cm³/mol. The number of halogens is 1. The van der Waals surface area contributed by atoms with Crippen LogP contribution in [0.3, 0.4) is 0 Å². The third-order valence-corrected chi connectivity index (χ3v) is 5.39. The highest BCUT2D eigenvalue weighted by Gasteiger charge is 2.23. The SMILES string of the molecule is COc1cc(OC)cc(-c2nn(-c3cc(Cl)ccc3C)c3c2CCCCN3)c1. The van der Waals surface area contributed by atoms with Crippen molar-refractivity contribution in [3.63, 3.8) is 0 Å². The van der Waals surface area contributed by atoms with Crippen molar-refractivity contribution >= 4 is 17.4 Å². The van der Waals surface area contributed by atoms with E-state index in [2.05, 4.69) is 12.2 Å². The average molecular weight is 398 g/mol. The average Bonchev–Trinajstić information content (AvgIpc) is 2.90. The van der Waals surface area contributed by atoms with Gasteiger partial charge in [-0.15, -0.1) is 0 Å². The Labute approximate surface area is 170 Å². The Balaban J connectivity index is 1.94. The number of aromatic nitrogens is 2. The van der Waals surface area contributed by atoms with Crippen LogP contribution >= 0.6 is 11.6 Å². The first kappa shape index (κ1) is 18.7. The van der Waals surface area contributed by atoms with Crippen molar-refractivity contribution in [2.75, 3.05) is 26.1 Å². The van der Waals surface area contributed by atoms with Gasteiger partial charge in [0.25, 0.3) is 0 Å². The highest BCUT2D eigenvalue weighted by molar-refractivity contribution is 6.30. The highest BCUT2D eigenvalue weighted by Crippen LogP contribution is 2.37. The van der Waals surface area contributed by atoms with Crippen molar-refractivity contribution in [2.45, 2.75) is 26.2 Å². The number of fused-ring (bicyclic) bond motifs is 1. The standard InChI is InChI=1S/C22H24ClN3O2/c1-14-7-8-16(23)12-20(14)26-22-19(6-4-5-9-24-22)21(25-26)15-10-17(27-2)13-18(11-15)28-3/h7-8,10-13,24H,4-6,9H2,1-3H3. The Morgan fingerprint density at radius 3 is 2.50 bits per heavy atom. The van der Waals surface area contributed by atoms with Crippen LogP contribution in [-0.4, -0.2) is 30.5 Å². The van der Waals surface area contributed by atoms with Crippen molar-refractivity contribution in [1.29, 1.82) is 0 Å². The lowest BCUT2D eigenvalue weighted by Gasteiger charge is -2.12. The summed E-state index contributed by atoms with van der Waals surface area (Å²) in [6.45, 7) is 3.00. The molecule has 3 aromatic rings. The van der Waals surface area contributed by atoms with Gasteiger partial charge in [0.1, 0.15) is 17.3 Å². The maximum atomic E-state index is 6.29. The second-order valence-corrected chi connectivity index (χ2v) is 7.44. The number of hydrogen-bond donors (Lipinski definition) is 1. The van der Waals surface area contributed by atoms with E-state index in [1.165, 1.54) is 5.56 Å². The van der Waals surface area contributed by atoms with Crippen LogP contribution in [0.15, 0.2) is 36.4 Å². The number of nitrogens with zero attached hydrogens (tertiary/aromatic N) is 2. The Morgan fingerprint density at radius 1 is 1.04 bits per heavy atom. The molecule has 2 aromatic carbocycles. The van der Waals surface area contributed by atoms with Crippen LogP contribution in [0, 0.1) is 6.92 Å². The smallest absolute Gasteiger partial charge is 0.133 e. The molecule has 1 aliphatic heterocycles. The van der Waals surface area contributed by atoms with Crippen molar-refractivity contribution in [2.24, 2.45) is 0 Å². The maximum Gasteiger partial charge on any atom is 0.133 e. The number of ether oxygens (including phenoxy) is 2. The zero-order valence-corrected chi connectivity index (χ0v) is 17.1. The molecule has 4 rings (SSSR count). The Hall–Kier alpha value is -2.66. The van der Waals surface area contributed by atoms with Crippen LogP contribution in [-0.2, 0) is 6.42 Å². The molecule has 5 nitrogen and oxygen atoms in total. The minimum Gasteiger partial charge on any atom is -0.497 e. The molecule has 0 radical (unpaired) electrons. The summed E-state index contributed by atoms with van der Waals surface area (Å²) in [5, 5.41) is 9.29. The first-order chi connectivity index (χ1) is 13.6. The van der Waals surface area contributed by atoms with Crippen molar-refractivity contribution in [3.05, 3.63) is 52.5 Å². The van der Waals surface area contributed by atoms with Crippen molar-refractivity contribution in [3.8, 4) is 28.4 Å². The van der Waals surface area contributed by atoms with E-state index in [9.17, 15) is 0 Å². The molecule has 0 saturated carbocycles. The summed E-state index contributed by atoms with van der Waals surface area (Å²) in [5.41, 5.74) is 5.25. The minimum absolute atomic E-state index is 0.697. The molecule has 0 amide bonds. The van der Waals surface area contributed by atoms with Gasteiger partial charge in [0.2, 0.25) is 0 Å². The number of methoxy groups -OCH3 is 2. The molecule has 2 heterocycles. The lowest BCUT2D eigenvalue weighted by atomic mass is 10.0. The molecule has 0 aliphatic carbocycles. The summed E-state index contributed by atoms with van der Waals surface area (Å²) in [6.07, 6.45) is 3.22. The third kappa shape index (κ3) is 3.42. The molecular weight excluding hydrogens is 374 g/mol. The molecule has 0 spiro atoms. The molecule has 28 heavy (non-hydrogen) atoms. The zero-order chi connectivity index (χ0) is 19.7. The zero-order valence-electron chi connectivity index (χ0n) is 16.4. The number of rotatable bonds is 4. The molecule has 0 unspecified atom stereocenters. The van der Waals surface area contributed by atoms with E-state index >= 15 is 0 Å². The fourth-order valence-electron chi connectivity index (χ4n) is 3.66. The maximum absolute atomic E-state index is 6.29. The van der Waals surface area contributed by atoms with Gasteiger partial charge in [-0.05, 0) is 56.0 Å². The van der Waals surface area contributed by atoms with Gasteiger partial charge in [-0.3, -0.25) is 0 Å². The van der Waals surface area contributed by atoms with E-state index in [-0.39, 0.29) is 0 Å². The van der Waals surface area contributed by atoms with E-state index < -0.39 is 0 Å². The monoisotopic (exact) mass is 397 g/mol. The Bertz CT molecular complexity index is 991. The molecule has 0 saturated heterocycles. The Kier molecular flexibility index (Phi) is 5.18. The predicted octanol–water partition coefficient (Wildman–Crippen LogP) is 5.27. The number of nitrogens with one attached hydrogen (secondary N) is 1. The molecule has 0 atom stereocenters. The Morgan fingerprint density at radius 2 is 1.79 bits per heavy atom. The lowest BCUT2D eigenvalue weighted by Crippen LogP contribution is -2.08. The van der Waals surface area contributed by atoms with Crippen molar-refractivity contribution < 1.29 is 9.47 Å². The first-order valence-corrected chi connectivity index (χ1v) is 9.84. The fourth-order valence-corrected chi connectivity index (χ4v) is 3.83. The molecule has 0 fully saturated rings. The molecule has 6 heteroatoms. The molecule has 1 aliphatic rings. The van der Waals surface area contributed by atoms with Crippen LogP contribution in [0.2, 0.25) is 5.02 Å². The number of anilines is 1. The van der Waals surface area contributed by atoms with Gasteiger partial charge < -0.3 is 14.8 Å². The summed E-state index contributed by atoms with van der Waals surface area (Å²) in [7, 11) is 3.32. The second-order valence-electron chi connectivity index (χ2n) is 7.00. The first-order valence-electron chi connectivity index (χ1n) is 9.46. The number of aryl methyl sites for hydroxylation is 1. The normalized spacial score (nSPS) is 13.4. The molecule has 1 N–H and O–H groups in total. The van der Waals surface area contributed by atoms with Crippen molar-refractivity contribution in [1.82, 2.24) is 9.78 Å². The molecular formula is C22H24ClN3O2. The van der Waals surface area contributed by atoms with Gasteiger partial charge in [0.05, 0.1) is 25.6 Å². The molecule has 1 aromatic heterocycles. The topological polar surface area (TPSA) is 48.3 Å². The lowest BCUT2D eigenvalue weighted by molar-refractivity contribution is 0.394. The summed E-state index contributed by atoms with van der Waals surface area (Å²) >= 11 is 6.29. The third-order valence-electron chi connectivity index (χ3n) is 5.15. The van der Waals surface area contributed by atoms with E-state index in [0.717, 1.165) is 65.6 Å². The number of benzene rings is 2. The van der Waals surface area contributed by atoms with Crippen LogP contribution in [0.25, 0.3) is 16.9 Å². The summed E-state index contributed by atoms with van der Waals surface area (Å²) in [4.78, 5) is 0. The van der Waals surface area contributed by atoms with E-state index in [4.69, 9.17) is 26.2 Å². The summed E-state index contributed by atoms with van der Waals surface area (Å²) in [6, 6.07) is 11.8. The largest absolute Gasteiger partial charge is 0.497 e. The van der Waals surface area contributed by atoms with Gasteiger partial charge in [-0.2, -0.15) is 5.10 Å². The summed E-state index contributed by atoms with van der Waals surface area (Å²) in [5.74, 6) is 2.54. The second kappa shape index (κ2) is 7.76. The number of hydrogen-bond acceptors (Lipinski definition) is 4. The van der Waals surface area contributed by atoms with Gasteiger partial charge >= 0.3 is 0 Å². The highest BCUT2D eigenvalue weighted by atomic mass is 35.5. The van der Waals surface area contributed by atoms with Crippen LogP contribution in [0.5, 0.6) is 11.5 Å². The summed E-state index contributed by atoms with van der Waals surface area (Å²) < 4.78 is 12.9. The quantitative estimate of drug-likeness (QED) is 0.651. The van der Waals surface area contributed by atoms with E-state index in [0.29, 0.717) is 5.02 Å². The fraction of sp³-hybridized carbons (Fsp3) is 0.318. The van der Waals surface area contributed by atoms with Crippen LogP contribution in [0.4, 0.5) is 5.82 Å². The van der Waals surface area contributed by atoms with Crippen LogP contribution in [0.1, 0.15) is 24.0 Å². The van der Waals surface area contributed by atoms with Gasteiger partial charge in [0.15, 0.2) is 0 Å². The van der Waals surface area contributed by atoms with E-state index in [1.807, 2.05) is 41.1 Å².